The zero-order valence-corrected chi connectivity index (χ0v) is 16.6. The van der Waals surface area contributed by atoms with E-state index in [0.29, 0.717) is 44.6 Å². The maximum Gasteiger partial charge on any atom is 0.319 e. The number of nitrogens with zero attached hydrogens (tertiary/aromatic N) is 1. The highest BCUT2D eigenvalue weighted by atomic mass is 32.2. The van der Waals surface area contributed by atoms with Crippen LogP contribution in [0.15, 0.2) is 42.5 Å². The maximum absolute atomic E-state index is 13.2. The Morgan fingerprint density at radius 3 is 2.75 bits per heavy atom. The van der Waals surface area contributed by atoms with Crippen molar-refractivity contribution in [3.63, 3.8) is 0 Å². The number of halogens is 1. The Hall–Kier alpha value is -2.45. The molecule has 1 aliphatic rings. The number of aryl methyl sites for hydroxylation is 1. The molecule has 6 nitrogen and oxygen atoms in total. The summed E-state index contributed by atoms with van der Waals surface area (Å²) in [5, 5.41) is 5.66. The van der Waals surface area contributed by atoms with Crippen molar-refractivity contribution in [2.75, 3.05) is 24.7 Å². The van der Waals surface area contributed by atoms with Crippen LogP contribution in [-0.4, -0.2) is 38.1 Å². The molecule has 0 unspecified atom stereocenters. The number of fused-ring (bicyclic) bond motifs is 1. The van der Waals surface area contributed by atoms with Crippen molar-refractivity contribution in [3.05, 3.63) is 65.0 Å². The van der Waals surface area contributed by atoms with Crippen molar-refractivity contribution >= 4 is 21.7 Å². The standard InChI is InChI=1S/C20H24FN3O3S/c1-28(26,27)24-12-10-18-16(14-24)7-3-9-19(18)23-20(25)22-11-4-6-15-5-2-8-17(21)13-15/h2-3,5,7-9,13H,4,6,10-12,14H2,1H3,(H2,22,23,25). The molecule has 0 aromatic heterocycles. The number of amides is 2. The molecule has 3 rings (SSSR count). The van der Waals surface area contributed by atoms with Gasteiger partial charge in [-0.25, -0.2) is 17.6 Å². The molecule has 0 saturated carbocycles. The van der Waals surface area contributed by atoms with Crippen molar-refractivity contribution in [2.24, 2.45) is 0 Å². The Bertz CT molecular complexity index is 963. The summed E-state index contributed by atoms with van der Waals surface area (Å²) in [7, 11) is -3.23. The highest BCUT2D eigenvalue weighted by Crippen LogP contribution is 2.27. The molecule has 28 heavy (non-hydrogen) atoms. The van der Waals surface area contributed by atoms with Crippen molar-refractivity contribution in [1.29, 1.82) is 0 Å². The number of nitrogens with one attached hydrogen (secondary N) is 2. The first-order valence-corrected chi connectivity index (χ1v) is 11.0. The maximum atomic E-state index is 13.2. The number of carbonyl (C=O) groups is 1. The normalized spacial score (nSPS) is 14.4. The first kappa shape index (κ1) is 20.3. The van der Waals surface area contributed by atoms with Gasteiger partial charge in [0.1, 0.15) is 5.82 Å². The van der Waals surface area contributed by atoms with Crippen molar-refractivity contribution in [1.82, 2.24) is 9.62 Å². The summed E-state index contributed by atoms with van der Waals surface area (Å²) in [6, 6.07) is 11.6. The van der Waals surface area contributed by atoms with Crippen LogP contribution in [0.1, 0.15) is 23.1 Å². The van der Waals surface area contributed by atoms with Crippen LogP contribution in [0.25, 0.3) is 0 Å². The molecule has 150 valence electrons. The molecule has 1 aliphatic heterocycles. The molecule has 2 aromatic rings. The Labute approximate surface area is 164 Å². The second-order valence-electron chi connectivity index (χ2n) is 6.90. The minimum absolute atomic E-state index is 0.258. The van der Waals surface area contributed by atoms with E-state index in [9.17, 15) is 17.6 Å². The molecule has 0 radical (unpaired) electrons. The van der Waals surface area contributed by atoms with E-state index < -0.39 is 10.0 Å². The van der Waals surface area contributed by atoms with Gasteiger partial charge < -0.3 is 10.6 Å². The molecule has 1 heterocycles. The van der Waals surface area contributed by atoms with Crippen LogP contribution in [0.2, 0.25) is 0 Å². The summed E-state index contributed by atoms with van der Waals surface area (Å²) in [6.45, 7) is 1.19. The molecule has 0 bridgehead atoms. The summed E-state index contributed by atoms with van der Waals surface area (Å²) in [5.74, 6) is -0.258. The summed E-state index contributed by atoms with van der Waals surface area (Å²) in [5.41, 5.74) is 3.47. The van der Waals surface area contributed by atoms with Gasteiger partial charge in [0.25, 0.3) is 0 Å². The van der Waals surface area contributed by atoms with Crippen LogP contribution in [-0.2, 0) is 29.4 Å². The van der Waals surface area contributed by atoms with E-state index in [1.165, 1.54) is 22.7 Å². The zero-order chi connectivity index (χ0) is 20.1. The molecular weight excluding hydrogens is 381 g/mol. The summed E-state index contributed by atoms with van der Waals surface area (Å²) in [6.07, 6.45) is 3.14. The van der Waals surface area contributed by atoms with E-state index in [-0.39, 0.29) is 11.8 Å². The number of rotatable bonds is 6. The Morgan fingerprint density at radius 2 is 2.00 bits per heavy atom. The minimum atomic E-state index is -3.23. The van der Waals surface area contributed by atoms with Crippen LogP contribution >= 0.6 is 0 Å². The SMILES string of the molecule is CS(=O)(=O)N1CCc2c(cccc2NC(=O)NCCCc2cccc(F)c2)C1. The molecule has 8 heteroatoms. The number of hydrogen-bond donors (Lipinski definition) is 2. The molecule has 0 fully saturated rings. The lowest BCUT2D eigenvalue weighted by atomic mass is 9.99. The number of hydrogen-bond acceptors (Lipinski definition) is 3. The largest absolute Gasteiger partial charge is 0.338 e. The lowest BCUT2D eigenvalue weighted by Crippen LogP contribution is -2.36. The van der Waals surface area contributed by atoms with Gasteiger partial charge in [-0.05, 0) is 54.2 Å². The van der Waals surface area contributed by atoms with Gasteiger partial charge in [0, 0.05) is 25.3 Å². The van der Waals surface area contributed by atoms with Gasteiger partial charge in [0.15, 0.2) is 0 Å². The van der Waals surface area contributed by atoms with Crippen LogP contribution in [0.5, 0.6) is 0 Å². The van der Waals surface area contributed by atoms with E-state index in [2.05, 4.69) is 10.6 Å². The van der Waals surface area contributed by atoms with Gasteiger partial charge in [-0.3, -0.25) is 0 Å². The van der Waals surface area contributed by atoms with Gasteiger partial charge >= 0.3 is 6.03 Å². The first-order chi connectivity index (χ1) is 13.3. The van der Waals surface area contributed by atoms with Crippen LogP contribution in [0.4, 0.5) is 14.9 Å². The molecule has 2 aromatic carbocycles. The summed E-state index contributed by atoms with van der Waals surface area (Å²) in [4.78, 5) is 12.2. The highest BCUT2D eigenvalue weighted by Gasteiger charge is 2.24. The highest BCUT2D eigenvalue weighted by molar-refractivity contribution is 7.88. The Morgan fingerprint density at radius 1 is 1.21 bits per heavy atom. The van der Waals surface area contributed by atoms with Gasteiger partial charge in [-0.15, -0.1) is 0 Å². The second-order valence-corrected chi connectivity index (χ2v) is 8.89. The Balaban J connectivity index is 1.52. The topological polar surface area (TPSA) is 78.5 Å². The molecule has 0 spiro atoms. The Kier molecular flexibility index (Phi) is 6.31. The molecule has 0 atom stereocenters. The predicted molar refractivity (Wildman–Crippen MR) is 107 cm³/mol. The fourth-order valence-corrected chi connectivity index (χ4v) is 4.13. The van der Waals surface area contributed by atoms with E-state index in [4.69, 9.17) is 0 Å². The lowest BCUT2D eigenvalue weighted by molar-refractivity contribution is 0.252. The molecule has 2 N–H and O–H groups in total. The van der Waals surface area contributed by atoms with E-state index in [0.717, 1.165) is 16.7 Å². The van der Waals surface area contributed by atoms with Gasteiger partial charge in [0.05, 0.1) is 6.26 Å². The third-order valence-electron chi connectivity index (χ3n) is 4.76. The molecular formula is C20H24FN3O3S. The van der Waals surface area contributed by atoms with Gasteiger partial charge in [-0.1, -0.05) is 24.3 Å². The third-order valence-corrected chi connectivity index (χ3v) is 6.01. The van der Waals surface area contributed by atoms with E-state index in [1.54, 1.807) is 6.07 Å². The van der Waals surface area contributed by atoms with Crippen LogP contribution in [0.3, 0.4) is 0 Å². The molecule has 2 amide bonds. The summed E-state index contributed by atoms with van der Waals surface area (Å²) >= 11 is 0. The van der Waals surface area contributed by atoms with Crippen molar-refractivity contribution in [3.8, 4) is 0 Å². The third kappa shape index (κ3) is 5.30. The average molecular weight is 405 g/mol. The van der Waals surface area contributed by atoms with Crippen molar-refractivity contribution < 1.29 is 17.6 Å². The fraction of sp³-hybridized carbons (Fsp3) is 0.350. The summed E-state index contributed by atoms with van der Waals surface area (Å²) < 4.78 is 38.1. The second kappa shape index (κ2) is 8.70. The van der Waals surface area contributed by atoms with E-state index in [1.807, 2.05) is 24.3 Å². The quantitative estimate of drug-likeness (QED) is 0.726. The van der Waals surface area contributed by atoms with Crippen LogP contribution < -0.4 is 10.6 Å². The average Bonchev–Trinajstić information content (AvgIpc) is 2.64. The number of benzene rings is 2. The number of sulfonamides is 1. The fourth-order valence-electron chi connectivity index (χ4n) is 3.34. The lowest BCUT2D eigenvalue weighted by Gasteiger charge is -2.28. The monoisotopic (exact) mass is 405 g/mol. The smallest absolute Gasteiger partial charge is 0.319 e. The number of urea groups is 1. The zero-order valence-electron chi connectivity index (χ0n) is 15.7. The predicted octanol–water partition coefficient (Wildman–Crippen LogP) is 2.90. The van der Waals surface area contributed by atoms with Gasteiger partial charge in [-0.2, -0.15) is 4.31 Å². The number of anilines is 1. The van der Waals surface area contributed by atoms with E-state index >= 15 is 0 Å². The van der Waals surface area contributed by atoms with Gasteiger partial charge in [0.2, 0.25) is 10.0 Å². The molecule has 0 saturated heterocycles. The van der Waals surface area contributed by atoms with Crippen LogP contribution in [0, 0.1) is 5.82 Å². The van der Waals surface area contributed by atoms with Crippen molar-refractivity contribution in [2.45, 2.75) is 25.8 Å². The first-order valence-electron chi connectivity index (χ1n) is 9.18. The molecule has 0 aliphatic carbocycles. The number of carbonyl (C=O) groups excluding carboxylic acids is 1. The minimum Gasteiger partial charge on any atom is -0.338 e.